The van der Waals surface area contributed by atoms with Crippen LogP contribution in [-0.4, -0.2) is 40.0 Å². The molecule has 0 saturated carbocycles. The summed E-state index contributed by atoms with van der Waals surface area (Å²) >= 11 is 0. The zero-order valence-corrected chi connectivity index (χ0v) is 19.0. The minimum atomic E-state index is -4.95. The second-order valence-corrected chi connectivity index (χ2v) is 8.08. The highest BCUT2D eigenvalue weighted by molar-refractivity contribution is 6.20. The topological polar surface area (TPSA) is 115 Å². The van der Waals surface area contributed by atoms with Gasteiger partial charge in [0.15, 0.2) is 11.5 Å². The largest absolute Gasteiger partial charge is 0.505 e. The molecule has 0 spiro atoms. The van der Waals surface area contributed by atoms with Crippen LogP contribution in [-0.2, 0) is 4.79 Å². The number of carboxylic acids is 1. The molecule has 2 N–H and O–H groups in total. The van der Waals surface area contributed by atoms with Crippen LogP contribution < -0.4 is 5.01 Å². The second kappa shape index (κ2) is 9.25. The Bertz CT molecular complexity index is 1430. The number of aromatic carboxylic acids is 1. The van der Waals surface area contributed by atoms with Crippen LogP contribution in [0.3, 0.4) is 0 Å². The Morgan fingerprint density at radius 3 is 2.42 bits per heavy atom. The van der Waals surface area contributed by atoms with E-state index >= 15 is 0 Å². The molecular weight excluding hydrogens is 477 g/mol. The number of halogens is 3. The van der Waals surface area contributed by atoms with E-state index in [0.717, 1.165) is 11.1 Å². The summed E-state index contributed by atoms with van der Waals surface area (Å²) in [5, 5.41) is 31.4. The minimum absolute atomic E-state index is 0.0204. The molecule has 1 unspecified atom stereocenters. The number of phenolic OH excluding ortho intramolecular Hbond substituents is 1. The van der Waals surface area contributed by atoms with E-state index in [1.807, 2.05) is 6.92 Å². The van der Waals surface area contributed by atoms with Crippen molar-refractivity contribution in [3.63, 3.8) is 0 Å². The monoisotopic (exact) mass is 496 g/mol. The lowest BCUT2D eigenvalue weighted by Crippen LogP contribution is -2.36. The summed E-state index contributed by atoms with van der Waals surface area (Å²) in [5.74, 6) is -2.65. The van der Waals surface area contributed by atoms with Gasteiger partial charge in [-0.05, 0) is 60.9 Å². The van der Waals surface area contributed by atoms with Gasteiger partial charge in [-0.25, -0.2) is 4.79 Å². The molecular formula is C25H19F3N4O4. The van der Waals surface area contributed by atoms with E-state index in [9.17, 15) is 33.0 Å². The van der Waals surface area contributed by atoms with Crippen LogP contribution in [0.1, 0.15) is 21.5 Å². The molecule has 0 fully saturated rings. The predicted molar refractivity (Wildman–Crippen MR) is 126 cm³/mol. The molecule has 1 aliphatic heterocycles. The van der Waals surface area contributed by atoms with Gasteiger partial charge in [0.2, 0.25) is 6.04 Å². The van der Waals surface area contributed by atoms with E-state index in [2.05, 4.69) is 15.3 Å². The molecule has 1 atom stereocenters. The zero-order valence-electron chi connectivity index (χ0n) is 19.0. The van der Waals surface area contributed by atoms with Crippen LogP contribution in [0.25, 0.3) is 11.1 Å². The van der Waals surface area contributed by atoms with Gasteiger partial charge in [-0.3, -0.25) is 4.79 Å². The Morgan fingerprint density at radius 1 is 1.03 bits per heavy atom. The molecule has 3 aromatic carbocycles. The first-order valence-electron chi connectivity index (χ1n) is 10.6. The molecule has 1 aliphatic rings. The van der Waals surface area contributed by atoms with Gasteiger partial charge in [-0.15, -0.1) is 0 Å². The number of carbonyl (C=O) groups is 2. The number of azo groups is 1. The highest BCUT2D eigenvalue weighted by Crippen LogP contribution is 2.38. The molecule has 0 aromatic heterocycles. The molecule has 0 aliphatic carbocycles. The lowest BCUT2D eigenvalue weighted by atomic mass is 10.0. The number of nitrogens with zero attached hydrogens (tertiary/aromatic N) is 4. The fraction of sp³-hybridized carbons (Fsp3) is 0.160. The standard InChI is InChI=1S/C25H19F3N4O4/c1-13-9-10-17(11-14(13)2)32-23(34)20(22(31-32)25(26,27)28)30-29-19-8-4-7-18(21(19)33)15-5-3-6-16(12-15)24(35)36/h3-12,20,33H,1-2H3,(H,35,36). The zero-order chi connectivity index (χ0) is 26.2. The SMILES string of the molecule is Cc1ccc(N2N=C(C(F)(F)F)C(N=Nc3cccc(-c4cccc(C(=O)O)c4)c3O)C2=O)cc1C. The highest BCUT2D eigenvalue weighted by atomic mass is 19.4. The lowest BCUT2D eigenvalue weighted by Gasteiger charge is -2.14. The molecule has 11 heteroatoms. The number of para-hydroxylation sites is 1. The summed E-state index contributed by atoms with van der Waals surface area (Å²) in [4.78, 5) is 24.2. The van der Waals surface area contributed by atoms with E-state index in [4.69, 9.17) is 0 Å². The quantitative estimate of drug-likeness (QED) is 0.435. The summed E-state index contributed by atoms with van der Waals surface area (Å²) < 4.78 is 41.1. The van der Waals surface area contributed by atoms with Crippen LogP contribution in [0, 0.1) is 13.8 Å². The fourth-order valence-electron chi connectivity index (χ4n) is 3.59. The van der Waals surface area contributed by atoms with Gasteiger partial charge in [-0.2, -0.15) is 33.5 Å². The average Bonchev–Trinajstić information content (AvgIpc) is 3.17. The summed E-state index contributed by atoms with van der Waals surface area (Å²) in [6.45, 7) is 3.58. The van der Waals surface area contributed by atoms with Crippen molar-refractivity contribution < 1.29 is 33.0 Å². The van der Waals surface area contributed by atoms with Crippen LogP contribution in [0.4, 0.5) is 24.5 Å². The van der Waals surface area contributed by atoms with Crippen LogP contribution in [0.15, 0.2) is 76.0 Å². The number of phenols is 1. The van der Waals surface area contributed by atoms with Crippen molar-refractivity contribution in [3.05, 3.63) is 77.4 Å². The third-order valence-corrected chi connectivity index (χ3v) is 5.65. The van der Waals surface area contributed by atoms with E-state index < -0.39 is 35.6 Å². The number of rotatable bonds is 5. The van der Waals surface area contributed by atoms with Crippen LogP contribution in [0.2, 0.25) is 0 Å². The molecule has 8 nitrogen and oxygen atoms in total. The number of amides is 1. The summed E-state index contributed by atoms with van der Waals surface area (Å²) in [6.07, 6.45) is -4.95. The predicted octanol–water partition coefficient (Wildman–Crippen LogP) is 5.79. The van der Waals surface area contributed by atoms with Gasteiger partial charge < -0.3 is 10.2 Å². The van der Waals surface area contributed by atoms with E-state index in [1.165, 1.54) is 42.5 Å². The Morgan fingerprint density at radius 2 is 1.75 bits per heavy atom. The Labute approximate surface area is 203 Å². The normalized spacial score (nSPS) is 16.0. The molecule has 4 rings (SSSR count). The third-order valence-electron chi connectivity index (χ3n) is 5.65. The molecule has 1 amide bonds. The van der Waals surface area contributed by atoms with Gasteiger partial charge in [0.25, 0.3) is 5.91 Å². The number of hydrogen-bond acceptors (Lipinski definition) is 6. The Hall–Kier alpha value is -4.54. The first-order valence-corrected chi connectivity index (χ1v) is 10.6. The van der Waals surface area contributed by atoms with E-state index in [1.54, 1.807) is 25.1 Å². The third kappa shape index (κ3) is 4.67. The van der Waals surface area contributed by atoms with Gasteiger partial charge in [-0.1, -0.05) is 30.3 Å². The van der Waals surface area contributed by atoms with Crippen molar-refractivity contribution in [1.82, 2.24) is 0 Å². The number of carbonyl (C=O) groups excluding carboxylic acids is 1. The fourth-order valence-corrected chi connectivity index (χ4v) is 3.59. The van der Waals surface area contributed by atoms with Crippen LogP contribution in [0.5, 0.6) is 5.75 Å². The smallest absolute Gasteiger partial charge is 0.433 e. The molecule has 184 valence electrons. The lowest BCUT2D eigenvalue weighted by molar-refractivity contribution is -0.118. The molecule has 36 heavy (non-hydrogen) atoms. The molecule has 3 aromatic rings. The average molecular weight is 496 g/mol. The van der Waals surface area contributed by atoms with Gasteiger partial charge in [0, 0.05) is 5.56 Å². The maximum Gasteiger partial charge on any atom is 0.433 e. The van der Waals surface area contributed by atoms with Crippen molar-refractivity contribution in [2.24, 2.45) is 15.3 Å². The van der Waals surface area contributed by atoms with Gasteiger partial charge in [0.1, 0.15) is 5.69 Å². The maximum atomic E-state index is 13.7. The Kier molecular flexibility index (Phi) is 6.32. The van der Waals surface area contributed by atoms with Crippen molar-refractivity contribution in [2.45, 2.75) is 26.1 Å². The number of aryl methyl sites for hydroxylation is 2. The number of benzene rings is 3. The number of alkyl halides is 3. The summed E-state index contributed by atoms with van der Waals surface area (Å²) in [6, 6.07) is 12.6. The van der Waals surface area contributed by atoms with Crippen LogP contribution >= 0.6 is 0 Å². The number of anilines is 1. The Balaban J connectivity index is 1.69. The molecule has 0 saturated heterocycles. The van der Waals surface area contributed by atoms with Crippen molar-refractivity contribution in [2.75, 3.05) is 5.01 Å². The van der Waals surface area contributed by atoms with Crippen molar-refractivity contribution in [3.8, 4) is 16.9 Å². The number of carboxylic acid groups (broad SMARTS) is 1. The second-order valence-electron chi connectivity index (χ2n) is 8.08. The van der Waals surface area contributed by atoms with Crippen molar-refractivity contribution >= 4 is 29.0 Å². The van der Waals surface area contributed by atoms with Crippen molar-refractivity contribution in [1.29, 1.82) is 0 Å². The first-order chi connectivity index (χ1) is 17.0. The first kappa shape index (κ1) is 24.6. The number of hydrazone groups is 1. The number of aromatic hydroxyl groups is 1. The minimum Gasteiger partial charge on any atom is -0.505 e. The highest BCUT2D eigenvalue weighted by Gasteiger charge is 2.51. The van der Waals surface area contributed by atoms with E-state index in [-0.39, 0.29) is 22.5 Å². The van der Waals surface area contributed by atoms with E-state index in [0.29, 0.717) is 10.6 Å². The summed E-state index contributed by atoms with van der Waals surface area (Å²) in [5.41, 5.74) is 0.701. The molecule has 1 heterocycles. The van der Waals surface area contributed by atoms with Gasteiger partial charge in [0.05, 0.1) is 11.3 Å². The molecule has 0 bridgehead atoms. The van der Waals surface area contributed by atoms with Gasteiger partial charge >= 0.3 is 12.1 Å². The molecule has 0 radical (unpaired) electrons. The maximum absolute atomic E-state index is 13.7. The number of hydrogen-bond donors (Lipinski definition) is 2. The summed E-state index contributed by atoms with van der Waals surface area (Å²) in [7, 11) is 0.